The number of nitrogens with zero attached hydrogens (tertiary/aromatic N) is 1. The molecule has 0 radical (unpaired) electrons. The molecule has 1 aromatic heterocycles. The zero-order valence-corrected chi connectivity index (χ0v) is 8.49. The van der Waals surface area contributed by atoms with Crippen LogP contribution in [0.5, 0.6) is 0 Å². The Morgan fingerprint density at radius 1 is 1.64 bits per heavy atom. The summed E-state index contributed by atoms with van der Waals surface area (Å²) in [4.78, 5) is 14.8. The SMILES string of the molecule is CCOC(=O)C=Cc1ccc(Cl)nc1. The third-order valence-corrected chi connectivity index (χ3v) is 1.67. The average Bonchev–Trinajstić information content (AvgIpc) is 2.17. The van der Waals surface area contributed by atoms with Crippen LogP contribution in [0.1, 0.15) is 12.5 Å². The topological polar surface area (TPSA) is 39.2 Å². The fraction of sp³-hybridized carbons (Fsp3) is 0.200. The van der Waals surface area contributed by atoms with Crippen molar-refractivity contribution in [1.29, 1.82) is 0 Å². The van der Waals surface area contributed by atoms with Crippen molar-refractivity contribution in [2.45, 2.75) is 6.92 Å². The van der Waals surface area contributed by atoms with E-state index in [0.717, 1.165) is 5.56 Å². The number of hydrogen-bond acceptors (Lipinski definition) is 3. The van der Waals surface area contributed by atoms with Crippen molar-refractivity contribution < 1.29 is 9.53 Å². The molecular weight excluding hydrogens is 202 g/mol. The van der Waals surface area contributed by atoms with Crippen molar-refractivity contribution in [2.24, 2.45) is 0 Å². The van der Waals surface area contributed by atoms with Gasteiger partial charge in [0.1, 0.15) is 5.15 Å². The van der Waals surface area contributed by atoms with E-state index in [1.165, 1.54) is 6.08 Å². The molecule has 0 atom stereocenters. The van der Waals surface area contributed by atoms with E-state index in [2.05, 4.69) is 4.98 Å². The standard InChI is InChI=1S/C10H10ClNO2/c1-2-14-10(13)6-4-8-3-5-9(11)12-7-8/h3-7H,2H2,1H3. The Balaban J connectivity index is 2.60. The molecule has 0 unspecified atom stereocenters. The van der Waals surface area contributed by atoms with Crippen LogP contribution in [0.25, 0.3) is 6.08 Å². The fourth-order valence-corrected chi connectivity index (χ4v) is 0.952. The van der Waals surface area contributed by atoms with Crippen LogP contribution >= 0.6 is 11.6 Å². The number of ether oxygens (including phenoxy) is 1. The Morgan fingerprint density at radius 2 is 2.43 bits per heavy atom. The van der Waals surface area contributed by atoms with Gasteiger partial charge in [-0.1, -0.05) is 17.7 Å². The van der Waals surface area contributed by atoms with Crippen LogP contribution in [0, 0.1) is 0 Å². The molecule has 0 spiro atoms. The van der Waals surface area contributed by atoms with E-state index in [4.69, 9.17) is 16.3 Å². The van der Waals surface area contributed by atoms with Crippen molar-refractivity contribution in [3.8, 4) is 0 Å². The van der Waals surface area contributed by atoms with Gasteiger partial charge < -0.3 is 4.74 Å². The minimum atomic E-state index is -0.359. The number of carbonyl (C=O) groups excluding carboxylic acids is 1. The summed E-state index contributed by atoms with van der Waals surface area (Å²) in [6.45, 7) is 2.14. The lowest BCUT2D eigenvalue weighted by molar-refractivity contribution is -0.137. The van der Waals surface area contributed by atoms with E-state index in [0.29, 0.717) is 11.8 Å². The minimum Gasteiger partial charge on any atom is -0.463 e. The van der Waals surface area contributed by atoms with Crippen LogP contribution in [0.2, 0.25) is 5.15 Å². The summed E-state index contributed by atoms with van der Waals surface area (Å²) >= 11 is 5.60. The van der Waals surface area contributed by atoms with E-state index in [-0.39, 0.29) is 5.97 Å². The Morgan fingerprint density at radius 3 is 3.00 bits per heavy atom. The van der Waals surface area contributed by atoms with Crippen molar-refractivity contribution in [3.05, 3.63) is 35.1 Å². The van der Waals surface area contributed by atoms with E-state index in [9.17, 15) is 4.79 Å². The summed E-state index contributed by atoms with van der Waals surface area (Å²) in [5.74, 6) is -0.359. The van der Waals surface area contributed by atoms with Gasteiger partial charge in [0.05, 0.1) is 6.61 Å². The van der Waals surface area contributed by atoms with Crippen LogP contribution in [0.3, 0.4) is 0 Å². The Hall–Kier alpha value is -1.35. The zero-order chi connectivity index (χ0) is 10.4. The van der Waals surface area contributed by atoms with Crippen molar-refractivity contribution in [1.82, 2.24) is 4.98 Å². The molecule has 1 aromatic rings. The Bertz CT molecular complexity index is 332. The predicted molar refractivity (Wildman–Crippen MR) is 54.9 cm³/mol. The molecule has 3 nitrogen and oxygen atoms in total. The minimum absolute atomic E-state index is 0.359. The van der Waals surface area contributed by atoms with Gasteiger partial charge in [-0.05, 0) is 24.6 Å². The predicted octanol–water partition coefficient (Wildman–Crippen LogP) is 2.31. The molecule has 4 heteroatoms. The highest BCUT2D eigenvalue weighted by molar-refractivity contribution is 6.29. The summed E-state index contributed by atoms with van der Waals surface area (Å²) < 4.78 is 4.72. The second-order valence-electron chi connectivity index (χ2n) is 2.50. The molecule has 74 valence electrons. The first kappa shape index (κ1) is 10.7. The number of esters is 1. The lowest BCUT2D eigenvalue weighted by atomic mass is 10.2. The smallest absolute Gasteiger partial charge is 0.330 e. The summed E-state index contributed by atoms with van der Waals surface area (Å²) in [7, 11) is 0. The highest BCUT2D eigenvalue weighted by Gasteiger charge is 1.94. The molecule has 0 fully saturated rings. The van der Waals surface area contributed by atoms with Gasteiger partial charge in [0.2, 0.25) is 0 Å². The quantitative estimate of drug-likeness (QED) is 0.438. The molecule has 0 bridgehead atoms. The molecule has 1 heterocycles. The summed E-state index contributed by atoms with van der Waals surface area (Å²) in [5.41, 5.74) is 0.808. The first-order valence-corrected chi connectivity index (χ1v) is 4.56. The summed E-state index contributed by atoms with van der Waals surface area (Å²) in [6, 6.07) is 3.43. The normalized spacial score (nSPS) is 10.4. The molecule has 0 aliphatic carbocycles. The van der Waals surface area contributed by atoms with E-state index >= 15 is 0 Å². The third-order valence-electron chi connectivity index (χ3n) is 1.45. The van der Waals surface area contributed by atoms with E-state index < -0.39 is 0 Å². The van der Waals surface area contributed by atoms with Crippen LogP contribution in [0.15, 0.2) is 24.4 Å². The molecule has 1 rings (SSSR count). The number of rotatable bonds is 3. The van der Waals surface area contributed by atoms with Gasteiger partial charge >= 0.3 is 5.97 Å². The van der Waals surface area contributed by atoms with Gasteiger partial charge in [0, 0.05) is 12.3 Å². The van der Waals surface area contributed by atoms with E-state index in [1.54, 1.807) is 31.3 Å². The molecular formula is C10H10ClNO2. The second-order valence-corrected chi connectivity index (χ2v) is 2.89. The molecule has 14 heavy (non-hydrogen) atoms. The highest BCUT2D eigenvalue weighted by Crippen LogP contribution is 2.06. The molecule has 0 aliphatic rings. The Labute approximate surface area is 87.4 Å². The highest BCUT2D eigenvalue weighted by atomic mass is 35.5. The molecule has 0 aromatic carbocycles. The molecule has 0 amide bonds. The van der Waals surface area contributed by atoms with Crippen LogP contribution < -0.4 is 0 Å². The largest absolute Gasteiger partial charge is 0.463 e. The maximum absolute atomic E-state index is 10.9. The zero-order valence-electron chi connectivity index (χ0n) is 7.74. The number of carbonyl (C=O) groups is 1. The van der Waals surface area contributed by atoms with Crippen molar-refractivity contribution >= 4 is 23.6 Å². The fourth-order valence-electron chi connectivity index (χ4n) is 0.840. The van der Waals surface area contributed by atoms with Gasteiger partial charge in [-0.25, -0.2) is 9.78 Å². The molecule has 0 saturated carbocycles. The van der Waals surface area contributed by atoms with Crippen LogP contribution in [-0.2, 0) is 9.53 Å². The third kappa shape index (κ3) is 3.58. The lowest BCUT2D eigenvalue weighted by Crippen LogP contribution is -1.98. The number of aromatic nitrogens is 1. The van der Waals surface area contributed by atoms with Gasteiger partial charge in [-0.2, -0.15) is 0 Å². The summed E-state index contributed by atoms with van der Waals surface area (Å²) in [5, 5.41) is 0.429. The first-order valence-electron chi connectivity index (χ1n) is 4.18. The molecule has 0 saturated heterocycles. The number of hydrogen-bond donors (Lipinski definition) is 0. The van der Waals surface area contributed by atoms with Gasteiger partial charge in [0.25, 0.3) is 0 Å². The maximum atomic E-state index is 10.9. The lowest BCUT2D eigenvalue weighted by Gasteiger charge is -1.95. The van der Waals surface area contributed by atoms with Gasteiger partial charge in [0.15, 0.2) is 0 Å². The number of pyridine rings is 1. The average molecular weight is 212 g/mol. The number of halogens is 1. The maximum Gasteiger partial charge on any atom is 0.330 e. The van der Waals surface area contributed by atoms with Crippen LogP contribution in [0.4, 0.5) is 0 Å². The second kappa shape index (κ2) is 5.40. The van der Waals surface area contributed by atoms with Crippen LogP contribution in [-0.4, -0.2) is 17.6 Å². The molecule has 0 N–H and O–H groups in total. The van der Waals surface area contributed by atoms with Gasteiger partial charge in [-0.15, -0.1) is 0 Å². The van der Waals surface area contributed by atoms with Crippen molar-refractivity contribution in [3.63, 3.8) is 0 Å². The van der Waals surface area contributed by atoms with E-state index in [1.807, 2.05) is 0 Å². The molecule has 0 aliphatic heterocycles. The first-order chi connectivity index (χ1) is 6.72. The summed E-state index contributed by atoms with van der Waals surface area (Å²) in [6.07, 6.45) is 4.56. The van der Waals surface area contributed by atoms with Gasteiger partial charge in [-0.3, -0.25) is 0 Å². The van der Waals surface area contributed by atoms with Crippen molar-refractivity contribution in [2.75, 3.05) is 6.61 Å². The monoisotopic (exact) mass is 211 g/mol. The Kier molecular flexibility index (Phi) is 4.13.